The van der Waals surface area contributed by atoms with Crippen molar-refractivity contribution < 1.29 is 4.79 Å². The fourth-order valence-electron chi connectivity index (χ4n) is 1.84. The van der Waals surface area contributed by atoms with E-state index in [0.717, 1.165) is 10.9 Å². The number of carbonyl (C=O) groups is 1. The molecule has 4 heteroatoms. The zero-order valence-corrected chi connectivity index (χ0v) is 10.5. The standard InChI is InChI=1S/C14H17N3O/c1-3-7-15-14(18)6-8-17-13-9-11(2)4-5-12(13)10-16-17/h3-5,9-10H,1,6-8H2,2H3,(H,15,18). The van der Waals surface area contributed by atoms with Crippen LogP contribution in [0.1, 0.15) is 12.0 Å². The lowest BCUT2D eigenvalue weighted by Gasteiger charge is -2.04. The molecule has 0 radical (unpaired) electrons. The quantitative estimate of drug-likeness (QED) is 0.817. The third kappa shape index (κ3) is 2.77. The number of nitrogens with zero attached hydrogens (tertiary/aromatic N) is 2. The van der Waals surface area contributed by atoms with Crippen LogP contribution in [-0.4, -0.2) is 22.2 Å². The van der Waals surface area contributed by atoms with Crippen LogP contribution in [-0.2, 0) is 11.3 Å². The Morgan fingerprint density at radius 2 is 2.39 bits per heavy atom. The summed E-state index contributed by atoms with van der Waals surface area (Å²) < 4.78 is 1.87. The van der Waals surface area contributed by atoms with Crippen LogP contribution in [0.3, 0.4) is 0 Å². The maximum Gasteiger partial charge on any atom is 0.222 e. The summed E-state index contributed by atoms with van der Waals surface area (Å²) >= 11 is 0. The number of fused-ring (bicyclic) bond motifs is 1. The fraction of sp³-hybridized carbons (Fsp3) is 0.286. The number of rotatable bonds is 5. The largest absolute Gasteiger partial charge is 0.353 e. The molecule has 2 rings (SSSR count). The number of hydrogen-bond donors (Lipinski definition) is 1. The molecule has 1 amide bonds. The van der Waals surface area contributed by atoms with Crippen molar-refractivity contribution in [2.24, 2.45) is 0 Å². The molecule has 1 aromatic carbocycles. The number of aromatic nitrogens is 2. The summed E-state index contributed by atoms with van der Waals surface area (Å²) in [6, 6.07) is 6.20. The third-order valence-corrected chi connectivity index (χ3v) is 2.79. The number of hydrogen-bond acceptors (Lipinski definition) is 2. The Morgan fingerprint density at radius 1 is 1.56 bits per heavy atom. The lowest BCUT2D eigenvalue weighted by molar-refractivity contribution is -0.121. The molecule has 94 valence electrons. The number of nitrogens with one attached hydrogen (secondary N) is 1. The lowest BCUT2D eigenvalue weighted by Crippen LogP contribution is -2.24. The van der Waals surface area contributed by atoms with Crippen LogP contribution >= 0.6 is 0 Å². The first-order valence-electron chi connectivity index (χ1n) is 6.00. The Kier molecular flexibility index (Phi) is 3.77. The Bertz CT molecular complexity index is 571. The van der Waals surface area contributed by atoms with Gasteiger partial charge in [-0.25, -0.2) is 0 Å². The summed E-state index contributed by atoms with van der Waals surface area (Å²) in [5.74, 6) is 0.0196. The van der Waals surface area contributed by atoms with E-state index in [0.29, 0.717) is 19.5 Å². The highest BCUT2D eigenvalue weighted by atomic mass is 16.1. The molecule has 18 heavy (non-hydrogen) atoms. The molecule has 0 aliphatic carbocycles. The van der Waals surface area contributed by atoms with Gasteiger partial charge in [0.05, 0.1) is 18.3 Å². The molecule has 1 heterocycles. The smallest absolute Gasteiger partial charge is 0.222 e. The fourth-order valence-corrected chi connectivity index (χ4v) is 1.84. The SMILES string of the molecule is C=CCNC(=O)CCn1ncc2ccc(C)cc21. The Morgan fingerprint density at radius 3 is 3.17 bits per heavy atom. The van der Waals surface area contributed by atoms with Gasteiger partial charge in [0.25, 0.3) is 0 Å². The first-order valence-corrected chi connectivity index (χ1v) is 6.00. The van der Waals surface area contributed by atoms with E-state index in [1.165, 1.54) is 5.56 Å². The van der Waals surface area contributed by atoms with Crippen LogP contribution in [0.4, 0.5) is 0 Å². The Hall–Kier alpha value is -2.10. The highest BCUT2D eigenvalue weighted by molar-refractivity contribution is 5.80. The van der Waals surface area contributed by atoms with E-state index < -0.39 is 0 Å². The Balaban J connectivity index is 2.05. The van der Waals surface area contributed by atoms with Crippen LogP contribution in [0.2, 0.25) is 0 Å². The van der Waals surface area contributed by atoms with Crippen molar-refractivity contribution in [2.75, 3.05) is 6.54 Å². The second kappa shape index (κ2) is 5.49. The maximum absolute atomic E-state index is 11.5. The minimum Gasteiger partial charge on any atom is -0.353 e. The molecule has 0 saturated heterocycles. The van der Waals surface area contributed by atoms with Crippen molar-refractivity contribution in [3.63, 3.8) is 0 Å². The number of carbonyl (C=O) groups excluding carboxylic acids is 1. The van der Waals surface area contributed by atoms with Gasteiger partial charge in [-0.1, -0.05) is 18.2 Å². The van der Waals surface area contributed by atoms with E-state index in [4.69, 9.17) is 0 Å². The molecule has 1 N–H and O–H groups in total. The molecule has 4 nitrogen and oxygen atoms in total. The Labute approximate surface area is 106 Å². The minimum absolute atomic E-state index is 0.0196. The highest BCUT2D eigenvalue weighted by Gasteiger charge is 2.05. The van der Waals surface area contributed by atoms with Gasteiger partial charge in [0.1, 0.15) is 0 Å². The van der Waals surface area contributed by atoms with Gasteiger partial charge < -0.3 is 5.32 Å². The van der Waals surface area contributed by atoms with Crippen LogP contribution in [0, 0.1) is 6.92 Å². The van der Waals surface area contributed by atoms with Gasteiger partial charge in [-0.3, -0.25) is 9.48 Å². The summed E-state index contributed by atoms with van der Waals surface area (Å²) in [4.78, 5) is 11.5. The van der Waals surface area contributed by atoms with Crippen molar-refractivity contribution in [1.29, 1.82) is 0 Å². The van der Waals surface area contributed by atoms with Gasteiger partial charge in [0.15, 0.2) is 0 Å². The predicted molar refractivity (Wildman–Crippen MR) is 72.3 cm³/mol. The predicted octanol–water partition coefficient (Wildman–Crippen LogP) is 2.04. The topological polar surface area (TPSA) is 46.9 Å². The van der Waals surface area contributed by atoms with Gasteiger partial charge in [-0.05, 0) is 18.6 Å². The van der Waals surface area contributed by atoms with E-state index in [9.17, 15) is 4.79 Å². The number of benzene rings is 1. The third-order valence-electron chi connectivity index (χ3n) is 2.79. The molecular formula is C14H17N3O. The summed E-state index contributed by atoms with van der Waals surface area (Å²) in [7, 11) is 0. The molecule has 0 atom stereocenters. The van der Waals surface area contributed by atoms with Crippen molar-refractivity contribution in [3.8, 4) is 0 Å². The van der Waals surface area contributed by atoms with Gasteiger partial charge >= 0.3 is 0 Å². The minimum atomic E-state index is 0.0196. The molecular weight excluding hydrogens is 226 g/mol. The van der Waals surface area contributed by atoms with E-state index in [2.05, 4.69) is 29.1 Å². The zero-order valence-electron chi connectivity index (χ0n) is 10.5. The molecule has 0 spiro atoms. The summed E-state index contributed by atoms with van der Waals surface area (Å²) in [6.45, 7) is 6.72. The van der Waals surface area contributed by atoms with Gasteiger partial charge in [-0.2, -0.15) is 5.10 Å². The molecule has 0 fully saturated rings. The van der Waals surface area contributed by atoms with E-state index in [1.807, 2.05) is 23.9 Å². The molecule has 0 unspecified atom stereocenters. The average molecular weight is 243 g/mol. The number of amides is 1. The zero-order chi connectivity index (χ0) is 13.0. The van der Waals surface area contributed by atoms with Crippen molar-refractivity contribution in [2.45, 2.75) is 19.9 Å². The highest BCUT2D eigenvalue weighted by Crippen LogP contribution is 2.15. The molecule has 0 bridgehead atoms. The first kappa shape index (κ1) is 12.4. The summed E-state index contributed by atoms with van der Waals surface area (Å²) in [5, 5.41) is 8.17. The molecule has 0 saturated carbocycles. The van der Waals surface area contributed by atoms with Gasteiger partial charge in [-0.15, -0.1) is 6.58 Å². The van der Waals surface area contributed by atoms with Gasteiger partial charge in [0, 0.05) is 18.4 Å². The second-order valence-corrected chi connectivity index (χ2v) is 4.27. The molecule has 2 aromatic rings. The molecule has 0 aliphatic heterocycles. The van der Waals surface area contributed by atoms with Crippen LogP contribution in [0.15, 0.2) is 37.1 Å². The normalized spacial score (nSPS) is 10.5. The lowest BCUT2D eigenvalue weighted by atomic mass is 10.2. The van der Waals surface area contributed by atoms with E-state index in [-0.39, 0.29) is 5.91 Å². The molecule has 1 aromatic heterocycles. The van der Waals surface area contributed by atoms with Crippen LogP contribution < -0.4 is 5.32 Å². The van der Waals surface area contributed by atoms with Crippen LogP contribution in [0.25, 0.3) is 10.9 Å². The second-order valence-electron chi connectivity index (χ2n) is 4.27. The average Bonchev–Trinajstić information content (AvgIpc) is 2.76. The van der Waals surface area contributed by atoms with Crippen molar-refractivity contribution in [1.82, 2.24) is 15.1 Å². The van der Waals surface area contributed by atoms with Crippen LogP contribution in [0.5, 0.6) is 0 Å². The maximum atomic E-state index is 11.5. The summed E-state index contributed by atoms with van der Waals surface area (Å²) in [5.41, 5.74) is 2.27. The van der Waals surface area contributed by atoms with E-state index >= 15 is 0 Å². The van der Waals surface area contributed by atoms with E-state index in [1.54, 1.807) is 6.08 Å². The summed E-state index contributed by atoms with van der Waals surface area (Å²) in [6.07, 6.45) is 3.93. The molecule has 0 aliphatic rings. The van der Waals surface area contributed by atoms with Crippen molar-refractivity contribution >= 4 is 16.8 Å². The monoisotopic (exact) mass is 243 g/mol. The number of aryl methyl sites for hydroxylation is 2. The first-order chi connectivity index (χ1) is 8.70. The van der Waals surface area contributed by atoms with Gasteiger partial charge in [0.2, 0.25) is 5.91 Å². The van der Waals surface area contributed by atoms with Crippen molar-refractivity contribution in [3.05, 3.63) is 42.6 Å².